The van der Waals surface area contributed by atoms with Gasteiger partial charge in [0.25, 0.3) is 0 Å². The Kier molecular flexibility index (Phi) is 3.94. The molecule has 0 bridgehead atoms. The molecule has 1 aliphatic rings. The van der Waals surface area contributed by atoms with Gasteiger partial charge < -0.3 is 10.1 Å². The quantitative estimate of drug-likeness (QED) is 0.844. The van der Waals surface area contributed by atoms with Gasteiger partial charge in [0.2, 0.25) is 0 Å². The summed E-state index contributed by atoms with van der Waals surface area (Å²) >= 11 is 3.66. The summed E-state index contributed by atoms with van der Waals surface area (Å²) in [6.45, 7) is 7.20. The topological polar surface area (TPSA) is 21.3 Å². The van der Waals surface area contributed by atoms with Gasteiger partial charge in [-0.15, -0.1) is 0 Å². The molecular formula is C18H20BrNO. The Labute approximate surface area is 134 Å². The minimum absolute atomic E-state index is 0.297. The largest absolute Gasteiger partial charge is 0.490 e. The smallest absolute Gasteiger partial charge is 0.125 e. The van der Waals surface area contributed by atoms with E-state index < -0.39 is 0 Å². The summed E-state index contributed by atoms with van der Waals surface area (Å²) in [4.78, 5) is 0. The highest BCUT2D eigenvalue weighted by Gasteiger charge is 2.18. The second kappa shape index (κ2) is 5.72. The van der Waals surface area contributed by atoms with E-state index in [4.69, 9.17) is 4.74 Å². The first-order valence-electron chi connectivity index (χ1n) is 7.32. The lowest BCUT2D eigenvalue weighted by Crippen LogP contribution is -2.05. The maximum atomic E-state index is 5.81. The molecule has 2 aromatic rings. The molecule has 1 aliphatic heterocycles. The number of rotatable bonds is 3. The van der Waals surface area contributed by atoms with Crippen molar-refractivity contribution in [2.45, 2.75) is 39.8 Å². The Morgan fingerprint density at radius 2 is 2.05 bits per heavy atom. The minimum Gasteiger partial charge on any atom is -0.490 e. The van der Waals surface area contributed by atoms with Crippen molar-refractivity contribution in [3.05, 3.63) is 57.1 Å². The number of hydrogen-bond donors (Lipinski definition) is 1. The molecule has 1 unspecified atom stereocenters. The van der Waals surface area contributed by atoms with E-state index in [1.807, 2.05) is 0 Å². The predicted octanol–water partition coefficient (Wildman–Crippen LogP) is 5.00. The molecule has 0 aromatic heterocycles. The van der Waals surface area contributed by atoms with Crippen molar-refractivity contribution in [1.82, 2.24) is 0 Å². The van der Waals surface area contributed by atoms with Gasteiger partial charge in [-0.05, 0) is 49.1 Å². The zero-order valence-electron chi connectivity index (χ0n) is 12.7. The van der Waals surface area contributed by atoms with Gasteiger partial charge in [0.05, 0.1) is 0 Å². The van der Waals surface area contributed by atoms with Crippen molar-refractivity contribution in [2.24, 2.45) is 0 Å². The van der Waals surface area contributed by atoms with Crippen LogP contribution in [0.1, 0.15) is 29.2 Å². The molecule has 0 saturated heterocycles. The van der Waals surface area contributed by atoms with Crippen LogP contribution in [0.15, 0.2) is 34.8 Å². The molecule has 1 N–H and O–H groups in total. The third kappa shape index (κ3) is 2.93. The van der Waals surface area contributed by atoms with Gasteiger partial charge in [0, 0.05) is 29.2 Å². The molecule has 3 heteroatoms. The molecule has 2 nitrogen and oxygen atoms in total. The van der Waals surface area contributed by atoms with Gasteiger partial charge >= 0.3 is 0 Å². The molecule has 3 rings (SSSR count). The molecule has 21 heavy (non-hydrogen) atoms. The highest BCUT2D eigenvalue weighted by Crippen LogP contribution is 2.32. The average Bonchev–Trinajstić information content (AvgIpc) is 2.83. The highest BCUT2D eigenvalue weighted by molar-refractivity contribution is 9.10. The third-order valence-electron chi connectivity index (χ3n) is 4.08. The fraction of sp³-hybridized carbons (Fsp3) is 0.333. The number of nitrogens with one attached hydrogen (secondary N) is 1. The molecule has 0 fully saturated rings. The minimum atomic E-state index is 0.297. The molecule has 0 amide bonds. The maximum absolute atomic E-state index is 5.81. The lowest BCUT2D eigenvalue weighted by molar-refractivity contribution is 0.255. The number of halogens is 1. The molecule has 0 radical (unpaired) electrons. The van der Waals surface area contributed by atoms with Crippen LogP contribution in [-0.4, -0.2) is 6.10 Å². The van der Waals surface area contributed by atoms with E-state index in [1.165, 1.54) is 26.7 Å². The Hall–Kier alpha value is -1.48. The lowest BCUT2D eigenvalue weighted by Gasteiger charge is -2.12. The fourth-order valence-electron chi connectivity index (χ4n) is 2.76. The van der Waals surface area contributed by atoms with Gasteiger partial charge in [-0.2, -0.15) is 0 Å². The van der Waals surface area contributed by atoms with Gasteiger partial charge in [-0.3, -0.25) is 0 Å². The SMILES string of the molecule is Cc1ccc(CNc2ccc3c(c2)OC(C)C3)c(C)c1Br. The van der Waals surface area contributed by atoms with E-state index in [0.29, 0.717) is 6.10 Å². The fourth-order valence-corrected chi connectivity index (χ4v) is 3.15. The van der Waals surface area contributed by atoms with Gasteiger partial charge in [0.1, 0.15) is 11.9 Å². The zero-order valence-corrected chi connectivity index (χ0v) is 14.3. The summed E-state index contributed by atoms with van der Waals surface area (Å²) in [5.74, 6) is 1.02. The highest BCUT2D eigenvalue weighted by atomic mass is 79.9. The van der Waals surface area contributed by atoms with E-state index >= 15 is 0 Å². The third-order valence-corrected chi connectivity index (χ3v) is 5.30. The van der Waals surface area contributed by atoms with Crippen LogP contribution in [0.3, 0.4) is 0 Å². The number of ether oxygens (including phenoxy) is 1. The van der Waals surface area contributed by atoms with Crippen LogP contribution in [0.5, 0.6) is 5.75 Å². The Morgan fingerprint density at radius 3 is 2.86 bits per heavy atom. The summed E-state index contributed by atoms with van der Waals surface area (Å²) in [6.07, 6.45) is 1.31. The molecule has 0 saturated carbocycles. The van der Waals surface area contributed by atoms with Crippen LogP contribution >= 0.6 is 15.9 Å². The van der Waals surface area contributed by atoms with E-state index in [0.717, 1.165) is 24.4 Å². The Bertz CT molecular complexity index is 681. The summed E-state index contributed by atoms with van der Waals surface area (Å²) in [6, 6.07) is 10.8. The Balaban J connectivity index is 1.74. The summed E-state index contributed by atoms with van der Waals surface area (Å²) in [7, 11) is 0. The van der Waals surface area contributed by atoms with E-state index in [2.05, 4.69) is 72.3 Å². The first-order valence-corrected chi connectivity index (χ1v) is 8.12. The molecular weight excluding hydrogens is 326 g/mol. The van der Waals surface area contributed by atoms with Crippen molar-refractivity contribution in [3.8, 4) is 5.75 Å². The molecule has 1 heterocycles. The summed E-state index contributed by atoms with van der Waals surface area (Å²) in [5.41, 5.74) is 6.30. The number of fused-ring (bicyclic) bond motifs is 1. The molecule has 1 atom stereocenters. The second-order valence-electron chi connectivity index (χ2n) is 5.79. The van der Waals surface area contributed by atoms with Crippen molar-refractivity contribution >= 4 is 21.6 Å². The molecule has 0 spiro atoms. The normalized spacial score (nSPS) is 16.5. The summed E-state index contributed by atoms with van der Waals surface area (Å²) < 4.78 is 7.01. The molecule has 0 aliphatic carbocycles. The molecule has 110 valence electrons. The van der Waals surface area contributed by atoms with Crippen molar-refractivity contribution in [3.63, 3.8) is 0 Å². The van der Waals surface area contributed by atoms with Crippen LogP contribution < -0.4 is 10.1 Å². The van der Waals surface area contributed by atoms with Crippen LogP contribution in [-0.2, 0) is 13.0 Å². The van der Waals surface area contributed by atoms with Crippen LogP contribution in [0, 0.1) is 13.8 Å². The zero-order chi connectivity index (χ0) is 15.0. The van der Waals surface area contributed by atoms with E-state index in [-0.39, 0.29) is 0 Å². The van der Waals surface area contributed by atoms with E-state index in [1.54, 1.807) is 0 Å². The number of anilines is 1. The standard InChI is InChI=1S/C18H20BrNO/c1-11-4-5-15(13(3)18(11)19)10-20-16-7-6-14-8-12(2)21-17(14)9-16/h4-7,9,12,20H,8,10H2,1-3H3. The second-order valence-corrected chi connectivity index (χ2v) is 6.58. The van der Waals surface area contributed by atoms with Gasteiger partial charge in [0.15, 0.2) is 0 Å². The first kappa shape index (κ1) is 14.5. The predicted molar refractivity (Wildman–Crippen MR) is 91.2 cm³/mol. The van der Waals surface area contributed by atoms with Crippen molar-refractivity contribution in [1.29, 1.82) is 0 Å². The summed E-state index contributed by atoms with van der Waals surface area (Å²) in [5, 5.41) is 3.49. The van der Waals surface area contributed by atoms with Gasteiger partial charge in [-0.25, -0.2) is 0 Å². The van der Waals surface area contributed by atoms with Crippen molar-refractivity contribution in [2.75, 3.05) is 5.32 Å². The van der Waals surface area contributed by atoms with E-state index in [9.17, 15) is 0 Å². The van der Waals surface area contributed by atoms with Crippen molar-refractivity contribution < 1.29 is 4.74 Å². The number of benzene rings is 2. The average molecular weight is 346 g/mol. The number of aryl methyl sites for hydroxylation is 1. The van der Waals surface area contributed by atoms with Crippen LogP contribution in [0.2, 0.25) is 0 Å². The van der Waals surface area contributed by atoms with Crippen LogP contribution in [0.25, 0.3) is 0 Å². The lowest BCUT2D eigenvalue weighted by atomic mass is 10.1. The number of hydrogen-bond acceptors (Lipinski definition) is 2. The monoisotopic (exact) mass is 345 g/mol. The molecule has 2 aromatic carbocycles. The van der Waals surface area contributed by atoms with Crippen LogP contribution in [0.4, 0.5) is 5.69 Å². The first-order chi connectivity index (χ1) is 10.0. The Morgan fingerprint density at radius 1 is 1.24 bits per heavy atom. The maximum Gasteiger partial charge on any atom is 0.125 e. The van der Waals surface area contributed by atoms with Gasteiger partial charge in [-0.1, -0.05) is 34.1 Å².